The van der Waals surface area contributed by atoms with Crippen LogP contribution in [0.5, 0.6) is 5.75 Å². The molecule has 0 fully saturated rings. The van der Waals surface area contributed by atoms with Crippen LogP contribution in [0.3, 0.4) is 0 Å². The molecule has 8 heteroatoms. The van der Waals surface area contributed by atoms with Crippen LogP contribution in [0.2, 0.25) is 0 Å². The monoisotopic (exact) mass is 323 g/mol. The third kappa shape index (κ3) is 3.59. The second-order valence-corrected chi connectivity index (χ2v) is 5.30. The predicted octanol–water partition coefficient (Wildman–Crippen LogP) is 0.807. The number of amides is 1. The van der Waals surface area contributed by atoms with E-state index in [0.29, 0.717) is 31.7 Å². The van der Waals surface area contributed by atoms with Gasteiger partial charge < -0.3 is 14.7 Å². The van der Waals surface area contributed by atoms with E-state index in [1.165, 1.54) is 13.2 Å². The number of nitrogens with zero attached hydrogens (tertiary/aromatic N) is 3. The number of aliphatic hydroxyl groups is 1. The SMILES string of the molecule is CCN(CCO)CC(=O)N1CCc2cc(OC)c([N+](=O)[O-])cc21. The van der Waals surface area contributed by atoms with Gasteiger partial charge in [-0.05, 0) is 24.6 Å². The molecule has 0 aliphatic carbocycles. The number of ether oxygens (including phenoxy) is 1. The molecule has 0 radical (unpaired) electrons. The third-order valence-corrected chi connectivity index (χ3v) is 4.00. The minimum Gasteiger partial charge on any atom is -0.490 e. The summed E-state index contributed by atoms with van der Waals surface area (Å²) >= 11 is 0. The van der Waals surface area contributed by atoms with Crippen LogP contribution < -0.4 is 9.64 Å². The largest absolute Gasteiger partial charge is 0.490 e. The molecule has 1 aromatic carbocycles. The summed E-state index contributed by atoms with van der Waals surface area (Å²) in [5.41, 5.74) is 1.29. The van der Waals surface area contributed by atoms with Gasteiger partial charge in [-0.1, -0.05) is 6.92 Å². The van der Waals surface area contributed by atoms with Crippen molar-refractivity contribution in [1.82, 2.24) is 4.90 Å². The van der Waals surface area contributed by atoms with Crippen molar-refractivity contribution in [2.24, 2.45) is 0 Å². The first-order valence-electron chi connectivity index (χ1n) is 7.50. The first-order valence-corrected chi connectivity index (χ1v) is 7.50. The molecule has 2 rings (SSSR count). The molecule has 0 saturated heterocycles. The van der Waals surface area contributed by atoms with Gasteiger partial charge in [0.15, 0.2) is 5.75 Å². The topological polar surface area (TPSA) is 96.2 Å². The van der Waals surface area contributed by atoms with Crippen molar-refractivity contribution in [2.75, 3.05) is 44.8 Å². The minimum atomic E-state index is -0.510. The first-order chi connectivity index (χ1) is 11.0. The van der Waals surface area contributed by atoms with Crippen LogP contribution in [0, 0.1) is 10.1 Å². The van der Waals surface area contributed by atoms with Gasteiger partial charge in [0.05, 0.1) is 30.9 Å². The minimum absolute atomic E-state index is 0.0135. The van der Waals surface area contributed by atoms with Gasteiger partial charge in [0.2, 0.25) is 5.91 Å². The van der Waals surface area contributed by atoms with Crippen LogP contribution >= 0.6 is 0 Å². The van der Waals surface area contributed by atoms with Gasteiger partial charge in [-0.25, -0.2) is 0 Å². The lowest BCUT2D eigenvalue weighted by molar-refractivity contribution is -0.385. The molecule has 0 atom stereocenters. The Morgan fingerprint density at radius 1 is 1.52 bits per heavy atom. The van der Waals surface area contributed by atoms with E-state index in [4.69, 9.17) is 9.84 Å². The molecule has 0 aromatic heterocycles. The highest BCUT2D eigenvalue weighted by Gasteiger charge is 2.30. The van der Waals surface area contributed by atoms with E-state index in [1.54, 1.807) is 11.0 Å². The summed E-state index contributed by atoms with van der Waals surface area (Å²) in [7, 11) is 1.39. The van der Waals surface area contributed by atoms with E-state index in [1.807, 2.05) is 11.8 Å². The lowest BCUT2D eigenvalue weighted by Gasteiger charge is -2.23. The predicted molar refractivity (Wildman–Crippen MR) is 84.9 cm³/mol. The van der Waals surface area contributed by atoms with Crippen molar-refractivity contribution in [3.05, 3.63) is 27.8 Å². The van der Waals surface area contributed by atoms with Crippen LogP contribution in [-0.2, 0) is 11.2 Å². The number of hydrogen-bond donors (Lipinski definition) is 1. The summed E-state index contributed by atoms with van der Waals surface area (Å²) in [6.07, 6.45) is 0.640. The van der Waals surface area contributed by atoms with Gasteiger partial charge in [0.25, 0.3) is 0 Å². The number of likely N-dealkylation sites (N-methyl/N-ethyl adjacent to an activating group) is 1. The fourth-order valence-electron chi connectivity index (χ4n) is 2.74. The molecule has 1 aliphatic rings. The van der Waals surface area contributed by atoms with Crippen LogP contribution in [0.4, 0.5) is 11.4 Å². The van der Waals surface area contributed by atoms with Gasteiger partial charge in [-0.2, -0.15) is 0 Å². The summed E-state index contributed by atoms with van der Waals surface area (Å²) < 4.78 is 5.06. The summed E-state index contributed by atoms with van der Waals surface area (Å²) in [6.45, 7) is 3.64. The van der Waals surface area contributed by atoms with Gasteiger partial charge in [-0.3, -0.25) is 19.8 Å². The van der Waals surface area contributed by atoms with Crippen LogP contribution in [-0.4, -0.2) is 60.7 Å². The molecule has 1 aliphatic heterocycles. The number of fused-ring (bicyclic) bond motifs is 1. The Balaban J connectivity index is 2.25. The number of carbonyl (C=O) groups is 1. The van der Waals surface area contributed by atoms with E-state index >= 15 is 0 Å². The summed E-state index contributed by atoms with van der Waals surface area (Å²) in [6, 6.07) is 3.04. The van der Waals surface area contributed by atoms with Crippen molar-refractivity contribution >= 4 is 17.3 Å². The molecular formula is C15H21N3O5. The van der Waals surface area contributed by atoms with E-state index < -0.39 is 4.92 Å². The number of rotatable bonds is 7. The smallest absolute Gasteiger partial charge is 0.313 e. The standard InChI is InChI=1S/C15H21N3O5/c1-3-16(6-7-19)10-15(20)17-5-4-11-8-14(23-2)13(18(21)22)9-12(11)17/h8-9,19H,3-7,10H2,1-2H3. The number of anilines is 1. The maximum atomic E-state index is 12.5. The second kappa shape index (κ2) is 7.38. The van der Waals surface area contributed by atoms with Gasteiger partial charge in [0.1, 0.15) is 0 Å². The van der Waals surface area contributed by atoms with Crippen molar-refractivity contribution < 1.29 is 19.6 Å². The van der Waals surface area contributed by atoms with E-state index in [2.05, 4.69) is 0 Å². The maximum Gasteiger partial charge on any atom is 0.313 e. The average molecular weight is 323 g/mol. The molecule has 0 bridgehead atoms. The number of benzene rings is 1. The quantitative estimate of drug-likeness (QED) is 0.589. The lowest BCUT2D eigenvalue weighted by atomic mass is 10.1. The molecule has 0 spiro atoms. The molecule has 0 saturated carbocycles. The molecule has 1 amide bonds. The summed E-state index contributed by atoms with van der Waals surface area (Å²) in [5, 5.41) is 20.2. The molecule has 1 heterocycles. The number of nitro groups is 1. The van der Waals surface area contributed by atoms with Crippen molar-refractivity contribution in [3.63, 3.8) is 0 Å². The van der Waals surface area contributed by atoms with E-state index in [9.17, 15) is 14.9 Å². The molecule has 1 aromatic rings. The Morgan fingerprint density at radius 3 is 2.83 bits per heavy atom. The Kier molecular flexibility index (Phi) is 5.51. The average Bonchev–Trinajstić information content (AvgIpc) is 2.95. The van der Waals surface area contributed by atoms with Crippen molar-refractivity contribution in [2.45, 2.75) is 13.3 Å². The normalized spacial score (nSPS) is 13.3. The number of aliphatic hydroxyl groups excluding tert-OH is 1. The summed E-state index contributed by atoms with van der Waals surface area (Å²) in [5.74, 6) is 0.0806. The second-order valence-electron chi connectivity index (χ2n) is 5.30. The highest BCUT2D eigenvalue weighted by molar-refractivity contribution is 5.97. The lowest BCUT2D eigenvalue weighted by Crippen LogP contribution is -2.40. The zero-order chi connectivity index (χ0) is 17.0. The number of nitro benzene ring substituents is 1. The van der Waals surface area contributed by atoms with Gasteiger partial charge in [-0.15, -0.1) is 0 Å². The zero-order valence-electron chi connectivity index (χ0n) is 13.3. The number of carbonyl (C=O) groups excluding carboxylic acids is 1. The third-order valence-electron chi connectivity index (χ3n) is 4.00. The Hall–Kier alpha value is -2.19. The van der Waals surface area contributed by atoms with E-state index in [0.717, 1.165) is 5.56 Å². The Morgan fingerprint density at radius 2 is 2.26 bits per heavy atom. The van der Waals surface area contributed by atoms with Crippen LogP contribution in [0.15, 0.2) is 12.1 Å². The van der Waals surface area contributed by atoms with Crippen LogP contribution in [0.1, 0.15) is 12.5 Å². The molecular weight excluding hydrogens is 302 g/mol. The fourth-order valence-corrected chi connectivity index (χ4v) is 2.74. The number of hydrogen-bond acceptors (Lipinski definition) is 6. The first kappa shape index (κ1) is 17.2. The molecule has 8 nitrogen and oxygen atoms in total. The number of methoxy groups -OCH3 is 1. The van der Waals surface area contributed by atoms with Crippen molar-refractivity contribution in [3.8, 4) is 5.75 Å². The Bertz CT molecular complexity index is 605. The van der Waals surface area contributed by atoms with Crippen LogP contribution in [0.25, 0.3) is 0 Å². The van der Waals surface area contributed by atoms with Gasteiger partial charge in [0, 0.05) is 19.2 Å². The molecule has 23 heavy (non-hydrogen) atoms. The molecule has 0 unspecified atom stereocenters. The Labute approximate surface area is 134 Å². The molecule has 126 valence electrons. The highest BCUT2D eigenvalue weighted by Crippen LogP contribution is 2.38. The fraction of sp³-hybridized carbons (Fsp3) is 0.533. The zero-order valence-corrected chi connectivity index (χ0v) is 13.3. The summed E-state index contributed by atoms with van der Waals surface area (Å²) in [4.78, 5) is 26.5. The van der Waals surface area contributed by atoms with Crippen molar-refractivity contribution in [1.29, 1.82) is 0 Å². The van der Waals surface area contributed by atoms with E-state index in [-0.39, 0.29) is 30.5 Å². The maximum absolute atomic E-state index is 12.5. The van der Waals surface area contributed by atoms with Gasteiger partial charge >= 0.3 is 5.69 Å². The molecule has 1 N–H and O–H groups in total. The highest BCUT2D eigenvalue weighted by atomic mass is 16.6.